The Morgan fingerprint density at radius 3 is 1.89 bits per heavy atom. The predicted octanol–water partition coefficient (Wildman–Crippen LogP) is 2.76. The molecule has 4 rings (SSSR count). The first-order valence-electron chi connectivity index (χ1n) is 11.2. The van der Waals surface area contributed by atoms with Gasteiger partial charge in [0.1, 0.15) is 0 Å². The van der Waals surface area contributed by atoms with Crippen LogP contribution >= 0.6 is 0 Å². The lowest BCUT2D eigenvalue weighted by molar-refractivity contribution is -0.914. The molecule has 1 N–H and O–H groups in total. The van der Waals surface area contributed by atoms with E-state index in [2.05, 4.69) is 97.2 Å². The van der Waals surface area contributed by atoms with Crippen LogP contribution < -0.4 is 9.91 Å². The molecular weight excluding hydrogens is 480 g/mol. The van der Waals surface area contributed by atoms with Crippen molar-refractivity contribution in [2.45, 2.75) is 19.4 Å². The predicted molar refractivity (Wildman–Crippen MR) is 137 cm³/mol. The minimum atomic E-state index is -4.41. The Kier molecular flexibility index (Phi) is 9.65. The van der Waals surface area contributed by atoms with Gasteiger partial charge in [0, 0.05) is 25.8 Å². The fourth-order valence-corrected chi connectivity index (χ4v) is 3.47. The Balaban J connectivity index is 0.000000538. The van der Waals surface area contributed by atoms with Gasteiger partial charge in [0.05, 0.1) is 19.8 Å². The van der Waals surface area contributed by atoms with Crippen LogP contribution in [0.1, 0.15) is 11.1 Å². The highest BCUT2D eigenvalue weighted by Gasteiger charge is 2.26. The second-order valence-corrected chi connectivity index (χ2v) is 9.21. The van der Waals surface area contributed by atoms with Crippen LogP contribution in [0.5, 0.6) is 0 Å². The molecule has 3 aromatic carbocycles. The maximum absolute atomic E-state index is 9.22. The van der Waals surface area contributed by atoms with Gasteiger partial charge in [-0.15, -0.1) is 10.2 Å². The number of nitrogens with zero attached hydrogens (tertiary/aromatic N) is 5. The van der Waals surface area contributed by atoms with E-state index in [0.29, 0.717) is 0 Å². The van der Waals surface area contributed by atoms with E-state index in [-0.39, 0.29) is 6.29 Å². The molecule has 0 spiro atoms. The van der Waals surface area contributed by atoms with Gasteiger partial charge in [0.2, 0.25) is 10.4 Å². The van der Waals surface area contributed by atoms with Crippen molar-refractivity contribution in [1.82, 2.24) is 4.90 Å². The van der Waals surface area contributed by atoms with Gasteiger partial charge in [-0.2, -0.15) is 5.01 Å². The van der Waals surface area contributed by atoms with E-state index < -0.39 is 10.4 Å². The number of benzene rings is 3. The Morgan fingerprint density at radius 2 is 1.47 bits per heavy atom. The largest absolute Gasteiger partial charge is 0.726 e. The first-order chi connectivity index (χ1) is 17.2. The first kappa shape index (κ1) is 27.0. The molecule has 0 aromatic heterocycles. The molecule has 10 nitrogen and oxygen atoms in total. The zero-order valence-electron chi connectivity index (χ0n) is 20.4. The summed E-state index contributed by atoms with van der Waals surface area (Å²) in [5.74, 6) is 0. The van der Waals surface area contributed by atoms with Crippen molar-refractivity contribution in [2.75, 3.05) is 26.1 Å². The summed E-state index contributed by atoms with van der Waals surface area (Å²) in [5, 5.41) is 14.1. The zero-order valence-corrected chi connectivity index (χ0v) is 21.2. The van der Waals surface area contributed by atoms with Crippen molar-refractivity contribution in [3.63, 3.8) is 0 Å². The summed E-state index contributed by atoms with van der Waals surface area (Å²) in [4.78, 5) is 4.33. The van der Waals surface area contributed by atoms with Crippen molar-refractivity contribution in [2.24, 2.45) is 15.3 Å². The summed E-state index contributed by atoms with van der Waals surface area (Å²) >= 11 is 0. The van der Waals surface area contributed by atoms with E-state index >= 15 is 0 Å². The van der Waals surface area contributed by atoms with Gasteiger partial charge in [0.15, 0.2) is 6.34 Å². The summed E-state index contributed by atoms with van der Waals surface area (Å²) < 4.78 is 31.0. The Hall–Kier alpha value is -3.64. The molecule has 1 aliphatic heterocycles. The van der Waals surface area contributed by atoms with Gasteiger partial charge in [-0.05, 0) is 35.4 Å². The van der Waals surface area contributed by atoms with Gasteiger partial charge in [-0.25, -0.2) is 8.42 Å². The molecule has 0 radical (unpaired) electrons. The maximum atomic E-state index is 9.22. The van der Waals surface area contributed by atoms with E-state index in [9.17, 15) is 13.0 Å². The highest BCUT2D eigenvalue weighted by Crippen LogP contribution is 2.24. The number of hydrogen-bond acceptors (Lipinski definition) is 9. The van der Waals surface area contributed by atoms with E-state index in [0.717, 1.165) is 36.6 Å². The van der Waals surface area contributed by atoms with Crippen LogP contribution in [0, 0.1) is 0 Å². The maximum Gasteiger partial charge on any atom is 0.305 e. The molecular formula is C25H30N6O4S. The number of quaternary nitrogens is 1. The Morgan fingerprint density at radius 1 is 0.972 bits per heavy atom. The van der Waals surface area contributed by atoms with Gasteiger partial charge < -0.3 is 9.45 Å². The van der Waals surface area contributed by atoms with Crippen molar-refractivity contribution in [1.29, 1.82) is 0 Å². The molecule has 36 heavy (non-hydrogen) atoms. The second kappa shape index (κ2) is 12.9. The molecule has 1 heterocycles. The highest BCUT2D eigenvalue weighted by molar-refractivity contribution is 7.80. The molecule has 3 aromatic rings. The molecule has 0 saturated carbocycles. The van der Waals surface area contributed by atoms with E-state index in [1.54, 1.807) is 6.34 Å². The highest BCUT2D eigenvalue weighted by atomic mass is 32.3. The van der Waals surface area contributed by atoms with Crippen molar-refractivity contribution < 1.29 is 22.2 Å². The Labute approximate surface area is 212 Å². The molecule has 0 fully saturated rings. The number of rotatable bonds is 8. The topological polar surface area (TPSA) is 114 Å². The van der Waals surface area contributed by atoms with Crippen molar-refractivity contribution in [3.05, 3.63) is 96.1 Å². The van der Waals surface area contributed by atoms with Crippen LogP contribution in [-0.2, 0) is 27.7 Å². The van der Waals surface area contributed by atoms with Crippen LogP contribution in [0.15, 0.2) is 100 Å². The number of anilines is 1. The molecule has 2 unspecified atom stereocenters. The van der Waals surface area contributed by atoms with E-state index in [1.165, 1.54) is 11.1 Å². The third kappa shape index (κ3) is 8.54. The average molecular weight is 511 g/mol. The molecule has 1 aliphatic rings. The fraction of sp³-hybridized carbons (Fsp3) is 0.240. The van der Waals surface area contributed by atoms with Crippen LogP contribution in [0.2, 0.25) is 0 Å². The van der Waals surface area contributed by atoms with Crippen molar-refractivity contribution in [3.8, 4) is 0 Å². The molecule has 2 atom stereocenters. The summed E-state index contributed by atoms with van der Waals surface area (Å²) in [7, 11) is 0.322. The quantitative estimate of drug-likeness (QED) is 0.283. The SMILES string of the molecule is CN1C=N[NH+](C)C1N=Nc1ccc(N(Cc2ccccc2)Cc2ccccc2)cc1.COS(=O)(=O)[O-]. The van der Waals surface area contributed by atoms with Crippen molar-refractivity contribution >= 4 is 28.1 Å². The molecule has 190 valence electrons. The molecule has 0 amide bonds. The second-order valence-electron chi connectivity index (χ2n) is 8.06. The minimum Gasteiger partial charge on any atom is -0.726 e. The van der Waals surface area contributed by atoms with Gasteiger partial charge >= 0.3 is 6.29 Å². The Bertz CT molecular complexity index is 1190. The van der Waals surface area contributed by atoms with E-state index in [4.69, 9.17) is 0 Å². The van der Waals surface area contributed by atoms with Crippen LogP contribution in [0.25, 0.3) is 0 Å². The van der Waals surface area contributed by atoms with E-state index in [1.807, 2.05) is 31.1 Å². The minimum absolute atomic E-state index is 0.114. The standard InChI is InChI=1S/C24H26N6.CH4O4S/c1-28-19-25-29(2)24(28)27-26-22-13-15-23(16-14-22)30(17-20-9-5-3-6-10-20)18-21-11-7-4-8-12-21;1-5-6(2,3)4/h3-16,19,24H,17-18H2,1-2H3;1H3,(H,2,3,4). The number of hydrogen-bond donors (Lipinski definition) is 1. The average Bonchev–Trinajstić information content (AvgIpc) is 3.21. The number of nitrogens with one attached hydrogen (secondary N) is 1. The van der Waals surface area contributed by atoms with Gasteiger partial charge in [0.25, 0.3) is 0 Å². The lowest BCUT2D eigenvalue weighted by Crippen LogP contribution is -3.07. The zero-order chi connectivity index (χ0) is 26.0. The third-order valence-corrected chi connectivity index (χ3v) is 5.75. The summed E-state index contributed by atoms with van der Waals surface area (Å²) in [6.07, 6.45) is 1.67. The normalized spacial score (nSPS) is 17.2. The summed E-state index contributed by atoms with van der Waals surface area (Å²) in [6.45, 7) is 1.68. The monoisotopic (exact) mass is 510 g/mol. The molecule has 0 bridgehead atoms. The van der Waals surface area contributed by atoms with Crippen LogP contribution in [0.4, 0.5) is 11.4 Å². The molecule has 0 saturated heterocycles. The molecule has 11 heteroatoms. The first-order valence-corrected chi connectivity index (χ1v) is 12.5. The summed E-state index contributed by atoms with van der Waals surface area (Å²) in [5.41, 5.74) is 4.57. The lowest BCUT2D eigenvalue weighted by Gasteiger charge is -2.25. The van der Waals surface area contributed by atoms with Crippen LogP contribution in [-0.4, -0.2) is 51.7 Å². The summed E-state index contributed by atoms with van der Waals surface area (Å²) in [6, 6.07) is 29.4. The number of azo groups is 1. The smallest absolute Gasteiger partial charge is 0.305 e. The third-order valence-electron chi connectivity index (χ3n) is 5.34. The fourth-order valence-electron chi connectivity index (χ4n) is 3.47. The van der Waals surface area contributed by atoms with Gasteiger partial charge in [-0.3, -0.25) is 9.08 Å². The van der Waals surface area contributed by atoms with Crippen LogP contribution in [0.3, 0.4) is 0 Å². The lowest BCUT2D eigenvalue weighted by atomic mass is 10.1. The van der Waals surface area contributed by atoms with Gasteiger partial charge in [-0.1, -0.05) is 65.8 Å². The molecule has 0 aliphatic carbocycles.